The predicted octanol–water partition coefficient (Wildman–Crippen LogP) is 4.03. The number of nitrogens with one attached hydrogen (secondary N) is 1. The van der Waals surface area contributed by atoms with Crippen LogP contribution in [0, 0.1) is 19.3 Å². The van der Waals surface area contributed by atoms with Crippen LogP contribution in [0.25, 0.3) is 0 Å². The molecule has 3 rings (SSSR count). The maximum atomic E-state index is 5.25. The van der Waals surface area contributed by atoms with Crippen LogP contribution in [0.5, 0.6) is 0 Å². The molecule has 2 heterocycles. The number of aliphatic imine (C=N–C) groups is 1. The SMILES string of the molecule is CCNC(=NCc1c(C)noc1C)N1CCC2(CCCCC2)C1.I. The highest BCUT2D eigenvalue weighted by atomic mass is 127. The first-order valence-corrected chi connectivity index (χ1v) is 9.08. The molecule has 2 fully saturated rings. The maximum Gasteiger partial charge on any atom is 0.194 e. The van der Waals surface area contributed by atoms with Crippen LogP contribution in [0.2, 0.25) is 0 Å². The average Bonchev–Trinajstić information content (AvgIpc) is 3.09. The molecule has 1 N–H and O–H groups in total. The van der Waals surface area contributed by atoms with Crippen molar-refractivity contribution < 1.29 is 4.52 Å². The fraction of sp³-hybridized carbons (Fsp3) is 0.778. The standard InChI is InChI=1S/C18H30N4O.HI/c1-4-19-17(20-12-16-14(2)21-23-15(16)3)22-11-10-18(13-22)8-6-5-7-9-18;/h4-13H2,1-3H3,(H,19,20);1H. The number of hydrogen-bond donors (Lipinski definition) is 1. The van der Waals surface area contributed by atoms with Crippen LogP contribution in [0.3, 0.4) is 0 Å². The molecule has 1 aliphatic heterocycles. The minimum atomic E-state index is 0. The lowest BCUT2D eigenvalue weighted by molar-refractivity contribution is 0.203. The van der Waals surface area contributed by atoms with E-state index in [0.717, 1.165) is 36.1 Å². The molecule has 1 saturated heterocycles. The molecule has 1 aromatic rings. The Bertz CT molecular complexity index is 544. The summed E-state index contributed by atoms with van der Waals surface area (Å²) in [5.41, 5.74) is 2.62. The van der Waals surface area contributed by atoms with E-state index in [1.54, 1.807) is 0 Å². The Labute approximate surface area is 162 Å². The van der Waals surface area contributed by atoms with Gasteiger partial charge in [0.2, 0.25) is 0 Å². The summed E-state index contributed by atoms with van der Waals surface area (Å²) in [5, 5.41) is 7.50. The molecule has 0 bridgehead atoms. The Morgan fingerprint density at radius 2 is 2.00 bits per heavy atom. The van der Waals surface area contributed by atoms with Crippen molar-refractivity contribution >= 4 is 29.9 Å². The van der Waals surface area contributed by atoms with Gasteiger partial charge in [-0.05, 0) is 45.4 Å². The lowest BCUT2D eigenvalue weighted by atomic mass is 9.73. The summed E-state index contributed by atoms with van der Waals surface area (Å²) in [6, 6.07) is 0. The summed E-state index contributed by atoms with van der Waals surface area (Å²) in [5.74, 6) is 1.93. The molecule has 0 atom stereocenters. The molecule has 5 nitrogen and oxygen atoms in total. The van der Waals surface area contributed by atoms with Crippen molar-refractivity contribution in [3.8, 4) is 0 Å². The van der Waals surface area contributed by atoms with Crippen LogP contribution in [0.1, 0.15) is 62.5 Å². The third-order valence-corrected chi connectivity index (χ3v) is 5.56. The lowest BCUT2D eigenvalue weighted by Gasteiger charge is -2.33. The third kappa shape index (κ3) is 4.24. The number of hydrogen-bond acceptors (Lipinski definition) is 3. The van der Waals surface area contributed by atoms with Gasteiger partial charge in [0.25, 0.3) is 0 Å². The van der Waals surface area contributed by atoms with Gasteiger partial charge in [0.1, 0.15) is 5.76 Å². The molecule has 0 aromatic carbocycles. The van der Waals surface area contributed by atoms with Crippen LogP contribution >= 0.6 is 24.0 Å². The number of halogens is 1. The van der Waals surface area contributed by atoms with Gasteiger partial charge in [-0.25, -0.2) is 4.99 Å². The van der Waals surface area contributed by atoms with Crippen LogP contribution in [0.15, 0.2) is 9.52 Å². The zero-order chi connectivity index (χ0) is 16.3. The summed E-state index contributed by atoms with van der Waals surface area (Å²) < 4.78 is 5.25. The average molecular weight is 446 g/mol. The Morgan fingerprint density at radius 1 is 1.25 bits per heavy atom. The van der Waals surface area contributed by atoms with Gasteiger partial charge in [0, 0.05) is 25.2 Å². The third-order valence-electron chi connectivity index (χ3n) is 5.56. The molecule has 6 heteroatoms. The topological polar surface area (TPSA) is 53.7 Å². The van der Waals surface area contributed by atoms with E-state index in [2.05, 4.69) is 22.3 Å². The first kappa shape index (κ1) is 19.5. The molecule has 24 heavy (non-hydrogen) atoms. The van der Waals surface area contributed by atoms with Gasteiger partial charge >= 0.3 is 0 Å². The lowest BCUT2D eigenvalue weighted by Crippen LogP contribution is -2.41. The van der Waals surface area contributed by atoms with E-state index in [9.17, 15) is 0 Å². The van der Waals surface area contributed by atoms with E-state index >= 15 is 0 Å². The smallest absolute Gasteiger partial charge is 0.194 e. The summed E-state index contributed by atoms with van der Waals surface area (Å²) in [4.78, 5) is 7.33. The second kappa shape index (κ2) is 8.54. The largest absolute Gasteiger partial charge is 0.361 e. The summed E-state index contributed by atoms with van der Waals surface area (Å²) in [7, 11) is 0. The van der Waals surface area contributed by atoms with Gasteiger partial charge in [0.05, 0.1) is 12.2 Å². The quantitative estimate of drug-likeness (QED) is 0.433. The number of likely N-dealkylation sites (tertiary alicyclic amines) is 1. The summed E-state index contributed by atoms with van der Waals surface area (Å²) in [6.07, 6.45) is 8.34. The van der Waals surface area contributed by atoms with Gasteiger partial charge in [0.15, 0.2) is 5.96 Å². The molecule has 2 aliphatic rings. The number of rotatable bonds is 3. The van der Waals surface area contributed by atoms with Crippen molar-refractivity contribution in [2.24, 2.45) is 10.4 Å². The monoisotopic (exact) mass is 446 g/mol. The molecule has 1 spiro atoms. The first-order valence-electron chi connectivity index (χ1n) is 9.08. The molecule has 1 saturated carbocycles. The normalized spacial score (nSPS) is 20.3. The Morgan fingerprint density at radius 3 is 2.62 bits per heavy atom. The van der Waals surface area contributed by atoms with E-state index < -0.39 is 0 Å². The van der Waals surface area contributed by atoms with E-state index in [0.29, 0.717) is 12.0 Å². The highest BCUT2D eigenvalue weighted by molar-refractivity contribution is 14.0. The van der Waals surface area contributed by atoms with E-state index in [1.165, 1.54) is 45.1 Å². The Hall–Kier alpha value is -0.790. The van der Waals surface area contributed by atoms with E-state index in [1.807, 2.05) is 13.8 Å². The van der Waals surface area contributed by atoms with Crippen LogP contribution in [0.4, 0.5) is 0 Å². The van der Waals surface area contributed by atoms with E-state index in [4.69, 9.17) is 9.52 Å². The van der Waals surface area contributed by atoms with Crippen LogP contribution in [-0.2, 0) is 6.54 Å². The van der Waals surface area contributed by atoms with Crippen molar-refractivity contribution in [2.75, 3.05) is 19.6 Å². The van der Waals surface area contributed by atoms with Crippen molar-refractivity contribution in [2.45, 2.75) is 65.8 Å². The Balaban J connectivity index is 0.00000208. The zero-order valence-corrected chi connectivity index (χ0v) is 17.6. The van der Waals surface area contributed by atoms with Crippen molar-refractivity contribution in [3.05, 3.63) is 17.0 Å². The zero-order valence-electron chi connectivity index (χ0n) is 15.2. The van der Waals surface area contributed by atoms with Gasteiger partial charge in [-0.1, -0.05) is 24.4 Å². The van der Waals surface area contributed by atoms with Crippen molar-refractivity contribution in [3.63, 3.8) is 0 Å². The highest BCUT2D eigenvalue weighted by Gasteiger charge is 2.39. The fourth-order valence-electron chi connectivity index (χ4n) is 4.13. The Kier molecular flexibility index (Phi) is 6.95. The number of guanidine groups is 1. The highest BCUT2D eigenvalue weighted by Crippen LogP contribution is 2.43. The van der Waals surface area contributed by atoms with Gasteiger partial charge in [-0.15, -0.1) is 24.0 Å². The number of aryl methyl sites for hydroxylation is 2. The molecule has 136 valence electrons. The predicted molar refractivity (Wildman–Crippen MR) is 108 cm³/mol. The second-order valence-corrected chi connectivity index (χ2v) is 7.21. The van der Waals surface area contributed by atoms with E-state index in [-0.39, 0.29) is 24.0 Å². The first-order chi connectivity index (χ1) is 11.1. The van der Waals surface area contributed by atoms with Gasteiger partial charge in [-0.3, -0.25) is 0 Å². The number of aromatic nitrogens is 1. The van der Waals surface area contributed by atoms with Gasteiger partial charge in [-0.2, -0.15) is 0 Å². The van der Waals surface area contributed by atoms with Crippen molar-refractivity contribution in [1.82, 2.24) is 15.4 Å². The summed E-state index contributed by atoms with van der Waals surface area (Å²) in [6.45, 7) is 9.94. The molecule has 0 unspecified atom stereocenters. The molecule has 1 aromatic heterocycles. The maximum absolute atomic E-state index is 5.25. The minimum Gasteiger partial charge on any atom is -0.361 e. The molecule has 0 amide bonds. The van der Waals surface area contributed by atoms with Crippen molar-refractivity contribution in [1.29, 1.82) is 0 Å². The number of nitrogens with zero attached hydrogens (tertiary/aromatic N) is 3. The van der Waals surface area contributed by atoms with Crippen LogP contribution in [-0.4, -0.2) is 35.7 Å². The molecular formula is C18H31IN4O. The summed E-state index contributed by atoms with van der Waals surface area (Å²) >= 11 is 0. The molecule has 0 radical (unpaired) electrons. The van der Waals surface area contributed by atoms with Crippen LogP contribution < -0.4 is 5.32 Å². The minimum absolute atomic E-state index is 0. The second-order valence-electron chi connectivity index (χ2n) is 7.21. The molecule has 1 aliphatic carbocycles. The fourth-order valence-corrected chi connectivity index (χ4v) is 4.13. The van der Waals surface area contributed by atoms with Gasteiger partial charge < -0.3 is 14.7 Å². The molecular weight excluding hydrogens is 415 g/mol.